The van der Waals surface area contributed by atoms with E-state index in [2.05, 4.69) is 15.9 Å². The third kappa shape index (κ3) is 3.45. The summed E-state index contributed by atoms with van der Waals surface area (Å²) in [5.74, 6) is 0.393. The fourth-order valence-corrected chi connectivity index (χ4v) is 3.22. The molecule has 0 amide bonds. The van der Waals surface area contributed by atoms with Crippen LogP contribution in [-0.4, -0.2) is 5.78 Å². The van der Waals surface area contributed by atoms with Crippen LogP contribution < -0.4 is 0 Å². The fraction of sp³-hybridized carbons (Fsp3) is 0.167. The average Bonchev–Trinajstić information content (AvgIpc) is 2.47. The molecular formula is C18H14BrClO. The van der Waals surface area contributed by atoms with Crippen molar-refractivity contribution in [2.45, 2.75) is 18.8 Å². The molecule has 3 heteroatoms. The van der Waals surface area contributed by atoms with Gasteiger partial charge in [0, 0.05) is 15.9 Å². The minimum atomic E-state index is 0.184. The van der Waals surface area contributed by atoms with Gasteiger partial charge in [0.25, 0.3) is 0 Å². The predicted molar refractivity (Wildman–Crippen MR) is 90.6 cm³/mol. The van der Waals surface area contributed by atoms with Crippen LogP contribution in [0.1, 0.15) is 29.9 Å². The monoisotopic (exact) mass is 360 g/mol. The Bertz CT molecular complexity index is 703. The van der Waals surface area contributed by atoms with Crippen molar-refractivity contribution in [2.24, 2.45) is 0 Å². The highest BCUT2D eigenvalue weighted by Crippen LogP contribution is 2.36. The molecule has 0 aromatic heterocycles. The van der Waals surface area contributed by atoms with Crippen molar-refractivity contribution in [3.05, 3.63) is 75.2 Å². The van der Waals surface area contributed by atoms with Gasteiger partial charge in [0.2, 0.25) is 0 Å². The lowest BCUT2D eigenvalue weighted by atomic mass is 9.81. The Morgan fingerprint density at radius 1 is 1.05 bits per heavy atom. The van der Waals surface area contributed by atoms with Crippen LogP contribution in [0, 0.1) is 0 Å². The Kier molecular flexibility index (Phi) is 4.27. The average molecular weight is 362 g/mol. The largest absolute Gasteiger partial charge is 0.295 e. The first-order valence-electron chi connectivity index (χ1n) is 6.86. The van der Waals surface area contributed by atoms with Crippen LogP contribution in [0.4, 0.5) is 0 Å². The Hall–Kier alpha value is -1.38. The third-order valence-corrected chi connectivity index (χ3v) is 4.55. The number of halogens is 2. The molecule has 0 bridgehead atoms. The molecule has 0 unspecified atom stereocenters. The summed E-state index contributed by atoms with van der Waals surface area (Å²) >= 11 is 9.50. The highest BCUT2D eigenvalue weighted by Gasteiger charge is 2.23. The lowest BCUT2D eigenvalue weighted by molar-refractivity contribution is -0.115. The number of hydrogen-bond donors (Lipinski definition) is 0. The minimum Gasteiger partial charge on any atom is -0.295 e. The molecule has 0 N–H and O–H groups in total. The summed E-state index contributed by atoms with van der Waals surface area (Å²) in [6, 6.07) is 15.9. The molecule has 1 nitrogen and oxygen atoms in total. The zero-order valence-electron chi connectivity index (χ0n) is 11.4. The zero-order chi connectivity index (χ0) is 14.8. The van der Waals surface area contributed by atoms with Gasteiger partial charge in [-0.2, -0.15) is 0 Å². The van der Waals surface area contributed by atoms with E-state index in [1.807, 2.05) is 48.5 Å². The van der Waals surface area contributed by atoms with Gasteiger partial charge in [-0.25, -0.2) is 0 Å². The highest BCUT2D eigenvalue weighted by molar-refractivity contribution is 9.10. The summed E-state index contributed by atoms with van der Waals surface area (Å²) in [7, 11) is 0. The Morgan fingerprint density at radius 3 is 2.52 bits per heavy atom. The molecule has 2 aromatic rings. The SMILES string of the molecule is O=C1C=C(c2ccc(Br)cc2)C[C@H](c2cccc(Cl)c2)C1. The van der Waals surface area contributed by atoms with E-state index in [0.717, 1.165) is 32.6 Å². The molecule has 1 aliphatic rings. The van der Waals surface area contributed by atoms with Gasteiger partial charge in [0.15, 0.2) is 5.78 Å². The number of carbonyl (C=O) groups excluding carboxylic acids is 1. The topological polar surface area (TPSA) is 17.1 Å². The van der Waals surface area contributed by atoms with Crippen LogP contribution in [0.2, 0.25) is 5.02 Å². The van der Waals surface area contributed by atoms with Gasteiger partial charge in [-0.15, -0.1) is 0 Å². The molecule has 0 radical (unpaired) electrons. The van der Waals surface area contributed by atoms with Crippen molar-refractivity contribution in [3.8, 4) is 0 Å². The summed E-state index contributed by atoms with van der Waals surface area (Å²) < 4.78 is 1.04. The van der Waals surface area contributed by atoms with Crippen molar-refractivity contribution in [1.82, 2.24) is 0 Å². The fourth-order valence-electron chi connectivity index (χ4n) is 2.75. The van der Waals surface area contributed by atoms with E-state index in [9.17, 15) is 4.79 Å². The molecule has 1 atom stereocenters. The van der Waals surface area contributed by atoms with Gasteiger partial charge in [-0.3, -0.25) is 4.79 Å². The molecule has 0 heterocycles. The first-order chi connectivity index (χ1) is 10.1. The Balaban J connectivity index is 1.90. The molecule has 0 fully saturated rings. The highest BCUT2D eigenvalue weighted by atomic mass is 79.9. The number of carbonyl (C=O) groups is 1. The predicted octanol–water partition coefficient (Wildman–Crippen LogP) is 5.63. The molecule has 106 valence electrons. The van der Waals surface area contributed by atoms with Crippen LogP contribution in [0.5, 0.6) is 0 Å². The second-order valence-corrected chi connectivity index (χ2v) is 6.66. The third-order valence-electron chi connectivity index (χ3n) is 3.78. The summed E-state index contributed by atoms with van der Waals surface area (Å²) in [6.45, 7) is 0. The van der Waals surface area contributed by atoms with E-state index < -0.39 is 0 Å². The lowest BCUT2D eigenvalue weighted by Crippen LogP contribution is -2.12. The second kappa shape index (κ2) is 6.17. The van der Waals surface area contributed by atoms with E-state index in [1.54, 1.807) is 6.08 Å². The quantitative estimate of drug-likeness (QED) is 0.677. The number of ketones is 1. The standard InChI is InChI=1S/C18H14BrClO/c19-16-6-4-12(5-7-16)14-8-15(11-18(21)10-14)13-2-1-3-17(20)9-13/h1-7,9-10,15H,8,11H2/t15-/m0/s1. The van der Waals surface area contributed by atoms with E-state index in [1.165, 1.54) is 0 Å². The minimum absolute atomic E-state index is 0.184. The number of rotatable bonds is 2. The summed E-state index contributed by atoms with van der Waals surface area (Å²) in [5, 5.41) is 0.722. The number of hydrogen-bond acceptors (Lipinski definition) is 1. The maximum absolute atomic E-state index is 12.1. The smallest absolute Gasteiger partial charge is 0.156 e. The summed E-state index contributed by atoms with van der Waals surface area (Å²) in [4.78, 5) is 12.1. The first kappa shape index (κ1) is 14.6. The molecule has 0 saturated carbocycles. The van der Waals surface area contributed by atoms with E-state index in [4.69, 9.17) is 11.6 Å². The van der Waals surface area contributed by atoms with Crippen LogP contribution in [0.3, 0.4) is 0 Å². The molecule has 21 heavy (non-hydrogen) atoms. The summed E-state index contributed by atoms with van der Waals surface area (Å²) in [5.41, 5.74) is 3.35. The molecule has 1 aliphatic carbocycles. The van der Waals surface area contributed by atoms with Gasteiger partial charge in [-0.1, -0.05) is 51.8 Å². The molecule has 3 rings (SSSR count). The van der Waals surface area contributed by atoms with Crippen molar-refractivity contribution < 1.29 is 4.79 Å². The zero-order valence-corrected chi connectivity index (χ0v) is 13.7. The molecule has 0 spiro atoms. The van der Waals surface area contributed by atoms with E-state index in [-0.39, 0.29) is 11.7 Å². The van der Waals surface area contributed by atoms with Gasteiger partial charge < -0.3 is 0 Å². The normalized spacial score (nSPS) is 18.5. The number of benzene rings is 2. The Morgan fingerprint density at radius 2 is 1.81 bits per heavy atom. The number of allylic oxidation sites excluding steroid dienone is 2. The molecular weight excluding hydrogens is 348 g/mol. The maximum Gasteiger partial charge on any atom is 0.156 e. The van der Waals surface area contributed by atoms with Crippen molar-refractivity contribution in [1.29, 1.82) is 0 Å². The van der Waals surface area contributed by atoms with Crippen LogP contribution in [-0.2, 0) is 4.79 Å². The van der Waals surface area contributed by atoms with Crippen molar-refractivity contribution in [2.75, 3.05) is 0 Å². The maximum atomic E-state index is 12.1. The van der Waals surface area contributed by atoms with E-state index in [0.29, 0.717) is 6.42 Å². The Labute approximate surface area is 137 Å². The van der Waals surface area contributed by atoms with Crippen molar-refractivity contribution >= 4 is 38.9 Å². The van der Waals surface area contributed by atoms with Gasteiger partial charge in [0.05, 0.1) is 0 Å². The van der Waals surface area contributed by atoms with Crippen LogP contribution >= 0.6 is 27.5 Å². The van der Waals surface area contributed by atoms with Crippen molar-refractivity contribution in [3.63, 3.8) is 0 Å². The van der Waals surface area contributed by atoms with Gasteiger partial charge in [-0.05, 0) is 59.4 Å². The van der Waals surface area contributed by atoms with Gasteiger partial charge in [0.1, 0.15) is 0 Å². The van der Waals surface area contributed by atoms with Gasteiger partial charge >= 0.3 is 0 Å². The second-order valence-electron chi connectivity index (χ2n) is 5.30. The lowest BCUT2D eigenvalue weighted by Gasteiger charge is -2.23. The first-order valence-corrected chi connectivity index (χ1v) is 8.04. The molecule has 0 saturated heterocycles. The molecule has 2 aromatic carbocycles. The summed E-state index contributed by atoms with van der Waals surface area (Å²) in [6.07, 6.45) is 3.21. The van der Waals surface area contributed by atoms with Crippen LogP contribution in [0.25, 0.3) is 5.57 Å². The van der Waals surface area contributed by atoms with Crippen LogP contribution in [0.15, 0.2) is 59.1 Å². The molecule has 0 aliphatic heterocycles. The van der Waals surface area contributed by atoms with E-state index >= 15 is 0 Å².